The molecule has 0 spiro atoms. The van der Waals surface area contributed by atoms with Gasteiger partial charge in [0.25, 0.3) is 5.91 Å². The maximum atomic E-state index is 13.1. The van der Waals surface area contributed by atoms with Crippen LogP contribution >= 0.6 is 11.3 Å². The quantitative estimate of drug-likeness (QED) is 0.512. The van der Waals surface area contributed by atoms with E-state index in [0.29, 0.717) is 31.6 Å². The van der Waals surface area contributed by atoms with Gasteiger partial charge < -0.3 is 4.90 Å². The normalized spacial score (nSPS) is 15.3. The number of nitrogens with one attached hydrogen (secondary N) is 1. The van der Waals surface area contributed by atoms with Crippen LogP contribution in [-0.4, -0.2) is 56.8 Å². The zero-order valence-corrected chi connectivity index (χ0v) is 21.1. The van der Waals surface area contributed by atoms with E-state index < -0.39 is 10.0 Å². The summed E-state index contributed by atoms with van der Waals surface area (Å²) in [5.41, 5.74) is 3.13. The van der Waals surface area contributed by atoms with Crippen molar-refractivity contribution in [2.75, 3.05) is 32.7 Å². The number of hydrogen-bond donors (Lipinski definition) is 1. The smallest absolute Gasteiger partial charge is 0.253 e. The first kappa shape index (κ1) is 24.6. The van der Waals surface area contributed by atoms with E-state index in [1.807, 2.05) is 22.4 Å². The lowest BCUT2D eigenvalue weighted by Crippen LogP contribution is -2.35. The molecule has 34 heavy (non-hydrogen) atoms. The Kier molecular flexibility index (Phi) is 8.15. The van der Waals surface area contributed by atoms with Crippen molar-refractivity contribution >= 4 is 27.3 Å². The van der Waals surface area contributed by atoms with Crippen LogP contribution in [0.5, 0.6) is 0 Å². The van der Waals surface area contributed by atoms with Crippen molar-refractivity contribution in [1.82, 2.24) is 14.5 Å². The molecule has 1 amide bonds. The molecule has 6 nitrogen and oxygen atoms in total. The maximum Gasteiger partial charge on any atom is 0.253 e. The summed E-state index contributed by atoms with van der Waals surface area (Å²) < 4.78 is 27.8. The lowest BCUT2D eigenvalue weighted by molar-refractivity contribution is 0.0761. The van der Waals surface area contributed by atoms with Crippen LogP contribution in [0.15, 0.2) is 70.9 Å². The molecule has 0 aliphatic carbocycles. The Morgan fingerprint density at radius 2 is 1.76 bits per heavy atom. The average molecular weight is 498 g/mol. The standard InChI is InChI=1S/C26H31N3O3S2/c1-21-6-2-3-7-23(21)20-28-15-5-16-29(18-17-28)26(30)22-9-11-25(12-10-22)34(31,32)27-14-13-24-8-4-19-33-24/h2-4,6-12,19,27H,5,13-18,20H2,1H3. The summed E-state index contributed by atoms with van der Waals surface area (Å²) in [6, 6.07) is 18.6. The number of benzene rings is 2. The Labute approximate surface area is 206 Å². The highest BCUT2D eigenvalue weighted by atomic mass is 32.2. The SMILES string of the molecule is Cc1ccccc1CN1CCCN(C(=O)c2ccc(S(=O)(=O)NCCc3cccs3)cc2)CC1. The van der Waals surface area contributed by atoms with Gasteiger partial charge in [0.05, 0.1) is 4.90 Å². The Bertz CT molecular complexity index is 1190. The van der Waals surface area contributed by atoms with Gasteiger partial charge in [-0.25, -0.2) is 13.1 Å². The predicted molar refractivity (Wildman–Crippen MR) is 137 cm³/mol. The monoisotopic (exact) mass is 497 g/mol. The van der Waals surface area contributed by atoms with Crippen molar-refractivity contribution in [2.45, 2.75) is 31.2 Å². The third-order valence-corrected chi connectivity index (χ3v) is 8.60. The maximum absolute atomic E-state index is 13.1. The molecule has 1 aliphatic rings. The number of aryl methyl sites for hydroxylation is 1. The zero-order chi connectivity index (χ0) is 24.0. The minimum atomic E-state index is -3.60. The van der Waals surface area contributed by atoms with Crippen LogP contribution in [-0.2, 0) is 23.0 Å². The summed E-state index contributed by atoms with van der Waals surface area (Å²) in [6.45, 7) is 6.50. The Balaban J connectivity index is 1.32. The Hall–Kier alpha value is -2.52. The van der Waals surface area contributed by atoms with Crippen LogP contribution in [0.2, 0.25) is 0 Å². The molecule has 1 N–H and O–H groups in total. The minimum Gasteiger partial charge on any atom is -0.337 e. The fourth-order valence-corrected chi connectivity index (χ4v) is 5.91. The second kappa shape index (κ2) is 11.3. The molecule has 1 fully saturated rings. The second-order valence-electron chi connectivity index (χ2n) is 8.60. The molecule has 0 atom stereocenters. The molecule has 3 aromatic rings. The fourth-order valence-electron chi connectivity index (χ4n) is 4.17. The van der Waals surface area contributed by atoms with Gasteiger partial charge in [0.2, 0.25) is 10.0 Å². The van der Waals surface area contributed by atoms with Gasteiger partial charge >= 0.3 is 0 Å². The van der Waals surface area contributed by atoms with Gasteiger partial charge in [-0.15, -0.1) is 11.3 Å². The molecule has 1 aromatic heterocycles. The lowest BCUT2D eigenvalue weighted by atomic mass is 10.1. The molecular formula is C26H31N3O3S2. The Morgan fingerprint density at radius 1 is 0.971 bits per heavy atom. The largest absolute Gasteiger partial charge is 0.337 e. The van der Waals surface area contributed by atoms with Crippen LogP contribution in [0.1, 0.15) is 32.8 Å². The van der Waals surface area contributed by atoms with E-state index in [1.54, 1.807) is 23.5 Å². The van der Waals surface area contributed by atoms with Crippen LogP contribution < -0.4 is 4.72 Å². The van der Waals surface area contributed by atoms with Crippen molar-refractivity contribution in [3.63, 3.8) is 0 Å². The van der Waals surface area contributed by atoms with Gasteiger partial charge in [-0.2, -0.15) is 0 Å². The van der Waals surface area contributed by atoms with Crippen LogP contribution in [0.4, 0.5) is 0 Å². The number of thiophene rings is 1. The molecule has 2 aromatic carbocycles. The first-order valence-electron chi connectivity index (χ1n) is 11.6. The number of hydrogen-bond acceptors (Lipinski definition) is 5. The van der Waals surface area contributed by atoms with Gasteiger partial charge in [-0.3, -0.25) is 9.69 Å². The van der Waals surface area contributed by atoms with E-state index in [0.717, 1.165) is 30.9 Å². The number of carbonyl (C=O) groups excluding carboxylic acids is 1. The van der Waals surface area contributed by atoms with Crippen molar-refractivity contribution in [1.29, 1.82) is 0 Å². The Morgan fingerprint density at radius 3 is 2.50 bits per heavy atom. The average Bonchev–Trinajstić information content (AvgIpc) is 3.24. The third-order valence-electron chi connectivity index (χ3n) is 6.19. The second-order valence-corrected chi connectivity index (χ2v) is 11.4. The molecule has 1 saturated heterocycles. The molecule has 0 unspecified atom stereocenters. The molecular weight excluding hydrogens is 466 g/mol. The third kappa shape index (κ3) is 6.33. The van der Waals surface area contributed by atoms with Crippen LogP contribution in [0, 0.1) is 6.92 Å². The fraction of sp³-hybridized carbons (Fsp3) is 0.346. The molecule has 0 radical (unpaired) electrons. The number of rotatable bonds is 8. The summed E-state index contributed by atoms with van der Waals surface area (Å²) in [7, 11) is -3.60. The number of carbonyl (C=O) groups is 1. The van der Waals surface area contributed by atoms with E-state index in [-0.39, 0.29) is 10.8 Å². The lowest BCUT2D eigenvalue weighted by Gasteiger charge is -2.22. The molecule has 2 heterocycles. The summed E-state index contributed by atoms with van der Waals surface area (Å²) in [5, 5.41) is 1.98. The van der Waals surface area contributed by atoms with Crippen molar-refractivity contribution in [3.05, 3.63) is 87.6 Å². The van der Waals surface area contributed by atoms with Crippen LogP contribution in [0.3, 0.4) is 0 Å². The molecule has 0 saturated carbocycles. The van der Waals surface area contributed by atoms with E-state index in [1.165, 1.54) is 23.3 Å². The number of amides is 1. The number of sulfonamides is 1. The summed E-state index contributed by atoms with van der Waals surface area (Å²) in [5.74, 6) is -0.0488. The van der Waals surface area contributed by atoms with Crippen molar-refractivity contribution < 1.29 is 13.2 Å². The van der Waals surface area contributed by atoms with Gasteiger partial charge in [0.15, 0.2) is 0 Å². The first-order valence-corrected chi connectivity index (χ1v) is 14.0. The zero-order valence-electron chi connectivity index (χ0n) is 19.4. The molecule has 1 aliphatic heterocycles. The van der Waals surface area contributed by atoms with Crippen molar-refractivity contribution in [3.8, 4) is 0 Å². The van der Waals surface area contributed by atoms with Gasteiger partial charge in [-0.05, 0) is 66.6 Å². The minimum absolute atomic E-state index is 0.0488. The predicted octanol–water partition coefficient (Wildman–Crippen LogP) is 3.93. The summed E-state index contributed by atoms with van der Waals surface area (Å²) >= 11 is 1.61. The highest BCUT2D eigenvalue weighted by Gasteiger charge is 2.21. The highest BCUT2D eigenvalue weighted by Crippen LogP contribution is 2.16. The molecule has 180 valence electrons. The van der Waals surface area contributed by atoms with Gasteiger partial charge in [0.1, 0.15) is 0 Å². The van der Waals surface area contributed by atoms with E-state index >= 15 is 0 Å². The number of nitrogens with zero attached hydrogens (tertiary/aromatic N) is 2. The molecule has 4 rings (SSSR count). The van der Waals surface area contributed by atoms with E-state index in [4.69, 9.17) is 0 Å². The van der Waals surface area contributed by atoms with Crippen molar-refractivity contribution in [2.24, 2.45) is 0 Å². The first-order chi connectivity index (χ1) is 16.4. The highest BCUT2D eigenvalue weighted by molar-refractivity contribution is 7.89. The van der Waals surface area contributed by atoms with E-state index in [2.05, 4.69) is 40.8 Å². The summed E-state index contributed by atoms with van der Waals surface area (Å²) in [4.78, 5) is 18.7. The summed E-state index contributed by atoms with van der Waals surface area (Å²) in [6.07, 6.45) is 1.57. The van der Waals surface area contributed by atoms with E-state index in [9.17, 15) is 13.2 Å². The van der Waals surface area contributed by atoms with Crippen LogP contribution in [0.25, 0.3) is 0 Å². The topological polar surface area (TPSA) is 69.7 Å². The van der Waals surface area contributed by atoms with Gasteiger partial charge in [-0.1, -0.05) is 30.3 Å². The van der Waals surface area contributed by atoms with Gasteiger partial charge in [0, 0.05) is 49.7 Å². The molecule has 0 bridgehead atoms. The molecule has 8 heteroatoms.